The summed E-state index contributed by atoms with van der Waals surface area (Å²) >= 11 is 8.43. The third-order valence-corrected chi connectivity index (χ3v) is 4.88. The van der Waals surface area contributed by atoms with Crippen LogP contribution in [0.15, 0.2) is 6.20 Å². The third-order valence-electron chi connectivity index (χ3n) is 3.22. The Labute approximate surface area is 123 Å². The Bertz CT molecular complexity index is 551. The first-order valence-electron chi connectivity index (χ1n) is 5.85. The molecule has 2 heterocycles. The number of aromatic nitrogens is 5. The molecular weight excluding hydrogens is 365 g/mol. The molecule has 1 N–H and O–H groups in total. The van der Waals surface area contributed by atoms with Crippen LogP contribution in [0.3, 0.4) is 0 Å². The minimum absolute atomic E-state index is 0.503. The lowest BCUT2D eigenvalue weighted by Crippen LogP contribution is -2.04. The van der Waals surface area contributed by atoms with Crippen LogP contribution in [0.25, 0.3) is 11.5 Å². The van der Waals surface area contributed by atoms with E-state index in [9.17, 15) is 0 Å². The molecule has 0 aliphatic heterocycles. The van der Waals surface area contributed by atoms with Crippen molar-refractivity contribution >= 4 is 34.2 Å². The Morgan fingerprint density at radius 2 is 2.06 bits per heavy atom. The maximum absolute atomic E-state index is 6.20. The number of hydrogen-bond donors (Lipinski definition) is 1. The highest BCUT2D eigenvalue weighted by Gasteiger charge is 2.24. The first-order chi connectivity index (χ1) is 8.75. The number of H-pyrrole nitrogens is 1. The van der Waals surface area contributed by atoms with E-state index in [2.05, 4.69) is 48.0 Å². The van der Waals surface area contributed by atoms with Crippen LogP contribution in [0.1, 0.15) is 37.3 Å². The second-order valence-corrected chi connectivity index (χ2v) is 5.81. The highest BCUT2D eigenvalue weighted by molar-refractivity contribution is 14.1. The Kier molecular flexibility index (Phi) is 3.47. The van der Waals surface area contributed by atoms with Gasteiger partial charge in [0.05, 0.1) is 15.5 Å². The van der Waals surface area contributed by atoms with Crippen LogP contribution >= 0.6 is 34.2 Å². The van der Waals surface area contributed by atoms with Crippen molar-refractivity contribution in [2.24, 2.45) is 0 Å². The summed E-state index contributed by atoms with van der Waals surface area (Å²) < 4.78 is 0.966. The molecule has 0 saturated heterocycles. The van der Waals surface area contributed by atoms with Crippen LogP contribution in [0.2, 0.25) is 5.15 Å². The van der Waals surface area contributed by atoms with Gasteiger partial charge in [0, 0.05) is 5.92 Å². The van der Waals surface area contributed by atoms with E-state index in [0.717, 1.165) is 9.26 Å². The Morgan fingerprint density at radius 1 is 1.28 bits per heavy atom. The highest BCUT2D eigenvalue weighted by atomic mass is 127. The molecule has 0 bridgehead atoms. The maximum Gasteiger partial charge on any atom is 0.183 e. The Balaban J connectivity index is 2.07. The second-order valence-electron chi connectivity index (χ2n) is 4.37. The van der Waals surface area contributed by atoms with Gasteiger partial charge in [-0.2, -0.15) is 15.4 Å². The fourth-order valence-electron chi connectivity index (χ4n) is 2.33. The Hall–Kier alpha value is -0.760. The van der Waals surface area contributed by atoms with E-state index >= 15 is 0 Å². The van der Waals surface area contributed by atoms with Gasteiger partial charge in [0.1, 0.15) is 10.8 Å². The molecule has 5 nitrogen and oxygen atoms in total. The van der Waals surface area contributed by atoms with Crippen LogP contribution in [0.5, 0.6) is 0 Å². The summed E-state index contributed by atoms with van der Waals surface area (Å²) in [7, 11) is 0. The number of aromatic amines is 1. The number of nitrogens with zero attached hydrogens (tertiary/aromatic N) is 4. The summed E-state index contributed by atoms with van der Waals surface area (Å²) in [6.07, 6.45) is 6.50. The molecule has 1 aliphatic rings. The molecule has 7 heteroatoms. The quantitative estimate of drug-likeness (QED) is 0.647. The zero-order valence-corrected chi connectivity index (χ0v) is 12.4. The van der Waals surface area contributed by atoms with E-state index < -0.39 is 0 Å². The van der Waals surface area contributed by atoms with Gasteiger partial charge < -0.3 is 0 Å². The second kappa shape index (κ2) is 5.08. The molecule has 0 unspecified atom stereocenters. The summed E-state index contributed by atoms with van der Waals surface area (Å²) in [5, 5.41) is 10.9. The normalized spacial score (nSPS) is 16.3. The van der Waals surface area contributed by atoms with Gasteiger partial charge in [0.25, 0.3) is 0 Å². The predicted molar refractivity (Wildman–Crippen MR) is 76.3 cm³/mol. The smallest absolute Gasteiger partial charge is 0.183 e. The van der Waals surface area contributed by atoms with E-state index in [4.69, 9.17) is 11.6 Å². The monoisotopic (exact) mass is 375 g/mol. The molecule has 2 aromatic rings. The Morgan fingerprint density at radius 3 is 2.72 bits per heavy atom. The fourth-order valence-corrected chi connectivity index (χ4v) is 3.19. The van der Waals surface area contributed by atoms with Crippen LogP contribution in [-0.4, -0.2) is 25.4 Å². The molecule has 94 valence electrons. The first kappa shape index (κ1) is 12.3. The summed E-state index contributed by atoms with van der Waals surface area (Å²) in [6.45, 7) is 0. The molecule has 1 aliphatic carbocycles. The van der Waals surface area contributed by atoms with Crippen molar-refractivity contribution in [1.82, 2.24) is 25.4 Å². The van der Waals surface area contributed by atoms with Crippen LogP contribution < -0.4 is 0 Å². The SMILES string of the molecule is Clc1nc(-c2cn[nH]n2)nc(C2CCCC2)c1I. The minimum Gasteiger partial charge on any atom is -0.230 e. The molecule has 0 aromatic carbocycles. The highest BCUT2D eigenvalue weighted by Crippen LogP contribution is 2.37. The zero-order valence-electron chi connectivity index (χ0n) is 9.53. The van der Waals surface area contributed by atoms with E-state index in [1.807, 2.05) is 0 Å². The van der Waals surface area contributed by atoms with Crippen molar-refractivity contribution in [2.45, 2.75) is 31.6 Å². The number of hydrogen-bond acceptors (Lipinski definition) is 4. The zero-order chi connectivity index (χ0) is 12.5. The molecule has 0 spiro atoms. The fraction of sp³-hybridized carbons (Fsp3) is 0.455. The first-order valence-corrected chi connectivity index (χ1v) is 7.30. The van der Waals surface area contributed by atoms with Crippen LogP contribution in [-0.2, 0) is 0 Å². The van der Waals surface area contributed by atoms with Crippen molar-refractivity contribution in [1.29, 1.82) is 0 Å². The summed E-state index contributed by atoms with van der Waals surface area (Å²) in [5.41, 5.74) is 1.69. The largest absolute Gasteiger partial charge is 0.230 e. The van der Waals surface area contributed by atoms with Gasteiger partial charge in [-0.1, -0.05) is 24.4 Å². The van der Waals surface area contributed by atoms with Crippen LogP contribution in [0, 0.1) is 3.57 Å². The summed E-state index contributed by atoms with van der Waals surface area (Å²) in [5.74, 6) is 1.05. The average Bonchev–Trinajstić information content (AvgIpc) is 3.03. The molecule has 1 fully saturated rings. The molecule has 0 atom stereocenters. The standard InChI is InChI=1S/C11H11ClIN5/c12-10-8(13)9(6-3-1-2-4-6)15-11(16-10)7-5-14-18-17-7/h5-6H,1-4H2,(H,14,17,18). The van der Waals surface area contributed by atoms with E-state index in [1.165, 1.54) is 25.7 Å². The lowest BCUT2D eigenvalue weighted by molar-refractivity contribution is 0.690. The van der Waals surface area contributed by atoms with Crippen molar-refractivity contribution in [3.05, 3.63) is 20.6 Å². The molecule has 0 amide bonds. The van der Waals surface area contributed by atoms with Gasteiger partial charge in [0.15, 0.2) is 5.82 Å². The van der Waals surface area contributed by atoms with Gasteiger partial charge in [-0.25, -0.2) is 9.97 Å². The third kappa shape index (κ3) is 2.23. The van der Waals surface area contributed by atoms with Gasteiger partial charge in [-0.05, 0) is 35.4 Å². The molecule has 3 rings (SSSR count). The molecule has 18 heavy (non-hydrogen) atoms. The van der Waals surface area contributed by atoms with Gasteiger partial charge >= 0.3 is 0 Å². The lowest BCUT2D eigenvalue weighted by atomic mass is 10.0. The number of nitrogens with one attached hydrogen (secondary N) is 1. The average molecular weight is 376 g/mol. The number of rotatable bonds is 2. The minimum atomic E-state index is 0.503. The van der Waals surface area contributed by atoms with Gasteiger partial charge in [-0.3, -0.25) is 0 Å². The van der Waals surface area contributed by atoms with Gasteiger partial charge in [-0.15, -0.1) is 0 Å². The maximum atomic E-state index is 6.20. The lowest BCUT2D eigenvalue weighted by Gasteiger charge is -2.12. The molecule has 2 aromatic heterocycles. The number of halogens is 2. The van der Waals surface area contributed by atoms with Crippen LogP contribution in [0.4, 0.5) is 0 Å². The topological polar surface area (TPSA) is 67.3 Å². The van der Waals surface area contributed by atoms with E-state index in [0.29, 0.717) is 22.6 Å². The predicted octanol–water partition coefficient (Wildman–Crippen LogP) is 3.18. The van der Waals surface area contributed by atoms with Crippen molar-refractivity contribution < 1.29 is 0 Å². The van der Waals surface area contributed by atoms with E-state index in [1.54, 1.807) is 6.20 Å². The van der Waals surface area contributed by atoms with Crippen molar-refractivity contribution in [3.63, 3.8) is 0 Å². The van der Waals surface area contributed by atoms with Crippen molar-refractivity contribution in [2.75, 3.05) is 0 Å². The summed E-state index contributed by atoms with van der Waals surface area (Å²) in [4.78, 5) is 8.90. The molecular formula is C11H11ClIN5. The van der Waals surface area contributed by atoms with E-state index in [-0.39, 0.29) is 0 Å². The molecule has 0 radical (unpaired) electrons. The summed E-state index contributed by atoms with van der Waals surface area (Å²) in [6, 6.07) is 0. The molecule has 1 saturated carbocycles. The van der Waals surface area contributed by atoms with Gasteiger partial charge in [0.2, 0.25) is 0 Å². The van der Waals surface area contributed by atoms with Crippen molar-refractivity contribution in [3.8, 4) is 11.5 Å².